The minimum atomic E-state index is -0.530. The van der Waals surface area contributed by atoms with Crippen LogP contribution in [0.5, 0.6) is 0 Å². The molecule has 0 bridgehead atoms. The molecule has 8 aromatic carbocycles. The van der Waals surface area contributed by atoms with Crippen LogP contribution >= 0.6 is 0 Å². The summed E-state index contributed by atoms with van der Waals surface area (Å²) >= 11 is 0. The lowest BCUT2D eigenvalue weighted by Gasteiger charge is -2.40. The average Bonchev–Trinajstić information content (AvgIpc) is 3.45. The van der Waals surface area contributed by atoms with Crippen molar-refractivity contribution in [2.75, 3.05) is 0 Å². The van der Waals surface area contributed by atoms with E-state index in [-0.39, 0.29) is 0 Å². The lowest BCUT2D eigenvalue weighted by molar-refractivity contribution is 0.777. The predicted molar refractivity (Wildman–Crippen MR) is 226 cm³/mol. The van der Waals surface area contributed by atoms with Crippen LogP contribution in [-0.2, 0) is 5.41 Å². The molecule has 0 heteroatoms. The normalized spacial score (nSPS) is 16.2. The summed E-state index contributed by atoms with van der Waals surface area (Å²) in [6.07, 6.45) is 2.28. The Labute approximate surface area is 310 Å². The minimum absolute atomic E-state index is 0.530. The van der Waals surface area contributed by atoms with Crippen LogP contribution in [0.15, 0.2) is 213 Å². The van der Waals surface area contributed by atoms with Gasteiger partial charge in [-0.05, 0) is 117 Å². The second-order valence-electron chi connectivity index (χ2n) is 14.2. The zero-order valence-electron chi connectivity index (χ0n) is 29.4. The van der Waals surface area contributed by atoms with Crippen molar-refractivity contribution in [3.8, 4) is 22.3 Å². The second kappa shape index (κ2) is 12.2. The third-order valence-electron chi connectivity index (χ3n) is 11.4. The van der Waals surface area contributed by atoms with Gasteiger partial charge in [-0.2, -0.15) is 0 Å². The van der Waals surface area contributed by atoms with Crippen LogP contribution in [-0.4, -0.2) is 0 Å². The molecule has 1 spiro atoms. The van der Waals surface area contributed by atoms with Gasteiger partial charge in [0.05, 0.1) is 5.41 Å². The van der Waals surface area contributed by atoms with Gasteiger partial charge < -0.3 is 0 Å². The van der Waals surface area contributed by atoms with Gasteiger partial charge in [0.25, 0.3) is 0 Å². The number of hydrogen-bond acceptors (Lipinski definition) is 0. The molecule has 0 amide bonds. The van der Waals surface area contributed by atoms with E-state index in [9.17, 15) is 0 Å². The Morgan fingerprint density at radius 1 is 0.434 bits per heavy atom. The van der Waals surface area contributed by atoms with E-state index < -0.39 is 5.41 Å². The summed E-state index contributed by atoms with van der Waals surface area (Å²) in [4.78, 5) is 0. The molecule has 0 N–H and O–H groups in total. The molecule has 0 saturated carbocycles. The SMILES string of the molecule is C=C(/C=C1\C(=C)C2(c3ccccc31)c1ccccc1-c1cccc3cccc2c13)c1ccccccc2cc(-c3ccccc3)c3ccccc3c2c1. The first-order valence-electron chi connectivity index (χ1n) is 18.3. The average molecular weight is 673 g/mol. The topological polar surface area (TPSA) is 0 Å². The Hall–Kier alpha value is -6.76. The van der Waals surface area contributed by atoms with E-state index in [0.717, 1.165) is 22.3 Å². The fraction of sp³-hybridized carbons (Fsp3) is 0.0189. The number of benzene rings is 7. The van der Waals surface area contributed by atoms with Gasteiger partial charge in [-0.1, -0.05) is 189 Å². The molecular formula is C53H36. The van der Waals surface area contributed by atoms with Gasteiger partial charge in [0, 0.05) is 0 Å². The van der Waals surface area contributed by atoms with Crippen LogP contribution in [0.25, 0.3) is 65.7 Å². The van der Waals surface area contributed by atoms with Crippen molar-refractivity contribution in [3.63, 3.8) is 0 Å². The van der Waals surface area contributed by atoms with Gasteiger partial charge in [0.15, 0.2) is 0 Å². The molecule has 0 aliphatic heterocycles. The first-order chi connectivity index (χ1) is 26.1. The van der Waals surface area contributed by atoms with Crippen LogP contribution in [0.2, 0.25) is 0 Å². The van der Waals surface area contributed by atoms with Gasteiger partial charge >= 0.3 is 0 Å². The molecule has 248 valence electrons. The molecule has 10 rings (SSSR count). The Morgan fingerprint density at radius 2 is 1.00 bits per heavy atom. The van der Waals surface area contributed by atoms with Gasteiger partial charge in [-0.15, -0.1) is 0 Å². The molecule has 0 heterocycles. The summed E-state index contributed by atoms with van der Waals surface area (Å²) in [5.41, 5.74) is 13.7. The molecule has 1 atom stereocenters. The smallest absolute Gasteiger partial charge is 0.0720 e. The highest BCUT2D eigenvalue weighted by atomic mass is 14.5. The van der Waals surface area contributed by atoms with E-state index >= 15 is 0 Å². The Morgan fingerprint density at radius 3 is 1.81 bits per heavy atom. The fourth-order valence-electron chi connectivity index (χ4n) is 9.10. The van der Waals surface area contributed by atoms with E-state index in [1.54, 1.807) is 0 Å². The molecule has 1 unspecified atom stereocenters. The van der Waals surface area contributed by atoms with Crippen LogP contribution in [0.4, 0.5) is 0 Å². The Balaban J connectivity index is 1.21. The van der Waals surface area contributed by atoms with Crippen molar-refractivity contribution in [2.45, 2.75) is 5.41 Å². The molecular weight excluding hydrogens is 637 g/mol. The lowest BCUT2D eigenvalue weighted by atomic mass is 9.61. The standard InChI is InChI=1S/C53H36/c1-35(39-20-6-3-4-7-21-40-34-47(37-18-8-5-9-19-37)41-24-10-11-25-42(41)48(40)33-39)32-46-36(2)53(50-30-15-13-27-44(46)50)49-29-14-12-26-43(49)45-28-16-22-38-23-17-31-51(53)52(38)45/h3-34H,1-2H2/b4-3?,6-3?,7-4?,20-6?,21-7?,39-20?,39-33?,40-21?,46-32+,48-33?. The summed E-state index contributed by atoms with van der Waals surface area (Å²) in [5.74, 6) is 0. The second-order valence-corrected chi connectivity index (χ2v) is 14.2. The highest BCUT2D eigenvalue weighted by Gasteiger charge is 2.50. The summed E-state index contributed by atoms with van der Waals surface area (Å²) in [6.45, 7) is 9.76. The third kappa shape index (κ3) is 4.62. The zero-order valence-corrected chi connectivity index (χ0v) is 29.4. The number of fused-ring (bicyclic) bond motifs is 9. The van der Waals surface area contributed by atoms with Gasteiger partial charge in [0.1, 0.15) is 0 Å². The van der Waals surface area contributed by atoms with Gasteiger partial charge in [-0.25, -0.2) is 0 Å². The molecule has 2 aliphatic rings. The fourth-order valence-corrected chi connectivity index (χ4v) is 9.10. The summed E-state index contributed by atoms with van der Waals surface area (Å²) in [6, 6.07) is 68.2. The number of hydrogen-bond donors (Lipinski definition) is 0. The van der Waals surface area contributed by atoms with Crippen LogP contribution < -0.4 is 0 Å². The van der Waals surface area contributed by atoms with Crippen molar-refractivity contribution >= 4 is 43.5 Å². The maximum atomic E-state index is 4.99. The van der Waals surface area contributed by atoms with Crippen LogP contribution in [0.3, 0.4) is 0 Å². The zero-order chi connectivity index (χ0) is 35.5. The predicted octanol–water partition coefficient (Wildman–Crippen LogP) is 13.9. The van der Waals surface area contributed by atoms with Crippen LogP contribution in [0.1, 0.15) is 27.8 Å². The van der Waals surface area contributed by atoms with Crippen molar-refractivity contribution < 1.29 is 0 Å². The van der Waals surface area contributed by atoms with Crippen molar-refractivity contribution in [1.82, 2.24) is 0 Å². The van der Waals surface area contributed by atoms with Gasteiger partial charge in [-0.3, -0.25) is 0 Å². The highest BCUT2D eigenvalue weighted by Crippen LogP contribution is 2.62. The number of allylic oxidation sites excluding steroid dienone is 4. The number of rotatable bonds is 3. The van der Waals surface area contributed by atoms with E-state index in [2.05, 4.69) is 194 Å². The van der Waals surface area contributed by atoms with E-state index in [0.29, 0.717) is 0 Å². The van der Waals surface area contributed by atoms with E-state index in [1.165, 1.54) is 76.8 Å². The molecule has 2 aliphatic carbocycles. The lowest BCUT2D eigenvalue weighted by Crippen LogP contribution is -2.31. The van der Waals surface area contributed by atoms with Gasteiger partial charge in [0.2, 0.25) is 0 Å². The first-order valence-corrected chi connectivity index (χ1v) is 18.3. The Kier molecular flexibility index (Phi) is 7.13. The molecule has 0 radical (unpaired) electrons. The third-order valence-corrected chi connectivity index (χ3v) is 11.4. The Bertz CT molecular complexity index is 2920. The summed E-state index contributed by atoms with van der Waals surface area (Å²) in [5, 5.41) is 7.34. The van der Waals surface area contributed by atoms with Crippen molar-refractivity contribution in [3.05, 3.63) is 241 Å². The van der Waals surface area contributed by atoms with Crippen molar-refractivity contribution in [1.29, 1.82) is 0 Å². The largest absolute Gasteiger partial charge is 0.0936 e. The highest BCUT2D eigenvalue weighted by molar-refractivity contribution is 6.14. The first kappa shape index (κ1) is 31.0. The van der Waals surface area contributed by atoms with E-state index in [1.807, 2.05) is 0 Å². The molecule has 0 aromatic heterocycles. The molecule has 0 nitrogen and oxygen atoms in total. The van der Waals surface area contributed by atoms with Crippen LogP contribution in [0, 0.1) is 0 Å². The molecule has 0 saturated heterocycles. The minimum Gasteiger partial charge on any atom is -0.0936 e. The molecule has 8 aromatic rings. The summed E-state index contributed by atoms with van der Waals surface area (Å²) in [7, 11) is 0. The van der Waals surface area contributed by atoms with Crippen molar-refractivity contribution in [2.24, 2.45) is 0 Å². The maximum Gasteiger partial charge on any atom is 0.0720 e. The monoisotopic (exact) mass is 672 g/mol. The summed E-state index contributed by atoms with van der Waals surface area (Å²) < 4.78 is 0. The molecule has 53 heavy (non-hydrogen) atoms. The maximum absolute atomic E-state index is 4.99. The molecule has 0 fully saturated rings. The van der Waals surface area contributed by atoms with E-state index in [4.69, 9.17) is 13.2 Å². The quantitative estimate of drug-likeness (QED) is 0.175.